The molecule has 96 valence electrons. The smallest absolute Gasteiger partial charge is 0.205 e. The van der Waals surface area contributed by atoms with E-state index in [1.54, 1.807) is 6.20 Å². The molecule has 0 saturated heterocycles. The number of aromatic nitrogens is 2. The van der Waals surface area contributed by atoms with Crippen LogP contribution < -0.4 is 10.1 Å². The van der Waals surface area contributed by atoms with E-state index in [9.17, 15) is 0 Å². The minimum absolute atomic E-state index is 0.761. The van der Waals surface area contributed by atoms with Crippen LogP contribution in [0.4, 0.5) is 0 Å². The number of rotatable bonds is 4. The molecule has 0 aliphatic rings. The first-order chi connectivity index (χ1) is 9.36. The van der Waals surface area contributed by atoms with Gasteiger partial charge in [-0.1, -0.05) is 18.2 Å². The molecular formula is C15H15N3O. The maximum Gasteiger partial charge on any atom is 0.205 e. The van der Waals surface area contributed by atoms with Crippen LogP contribution in [0.2, 0.25) is 0 Å². The lowest BCUT2D eigenvalue weighted by molar-refractivity contribution is 0.456. The Balaban J connectivity index is 1.86. The Labute approximate surface area is 111 Å². The molecule has 1 aromatic carbocycles. The predicted octanol–water partition coefficient (Wildman–Crippen LogP) is 2.85. The molecule has 19 heavy (non-hydrogen) atoms. The first-order valence-electron chi connectivity index (χ1n) is 6.20. The van der Waals surface area contributed by atoms with E-state index >= 15 is 0 Å². The van der Waals surface area contributed by atoms with E-state index in [4.69, 9.17) is 4.74 Å². The van der Waals surface area contributed by atoms with Crippen molar-refractivity contribution in [1.82, 2.24) is 14.7 Å². The Morgan fingerprint density at radius 3 is 2.79 bits per heavy atom. The van der Waals surface area contributed by atoms with Crippen molar-refractivity contribution in [3.05, 3.63) is 60.4 Å². The molecule has 2 aromatic heterocycles. The normalized spacial score (nSPS) is 10.8. The van der Waals surface area contributed by atoms with Crippen molar-refractivity contribution in [1.29, 1.82) is 0 Å². The van der Waals surface area contributed by atoms with E-state index in [1.807, 2.05) is 48.0 Å². The summed E-state index contributed by atoms with van der Waals surface area (Å²) in [4.78, 5) is 4.23. The van der Waals surface area contributed by atoms with E-state index in [1.165, 1.54) is 5.56 Å². The third-order valence-corrected chi connectivity index (χ3v) is 2.92. The molecule has 1 N–H and O–H groups in total. The van der Waals surface area contributed by atoms with Crippen molar-refractivity contribution < 1.29 is 4.74 Å². The first-order valence-corrected chi connectivity index (χ1v) is 6.20. The number of fused-ring (bicyclic) bond motifs is 1. The summed E-state index contributed by atoms with van der Waals surface area (Å²) in [7, 11) is 1.93. The molecule has 0 radical (unpaired) electrons. The largest absolute Gasteiger partial charge is 0.440 e. The Kier molecular flexibility index (Phi) is 3.16. The van der Waals surface area contributed by atoms with Crippen LogP contribution in [0.5, 0.6) is 11.6 Å². The number of hydrogen-bond acceptors (Lipinski definition) is 3. The second kappa shape index (κ2) is 5.12. The number of imidazole rings is 1. The van der Waals surface area contributed by atoms with Gasteiger partial charge in [-0.15, -0.1) is 0 Å². The van der Waals surface area contributed by atoms with Crippen molar-refractivity contribution in [2.45, 2.75) is 6.54 Å². The summed E-state index contributed by atoms with van der Waals surface area (Å²) in [6.07, 6.45) is 3.65. The van der Waals surface area contributed by atoms with Crippen molar-refractivity contribution in [3.63, 3.8) is 0 Å². The van der Waals surface area contributed by atoms with Gasteiger partial charge >= 0.3 is 0 Å². The zero-order valence-electron chi connectivity index (χ0n) is 10.7. The Hall–Kier alpha value is -2.33. The van der Waals surface area contributed by atoms with Gasteiger partial charge in [-0.3, -0.25) is 4.40 Å². The van der Waals surface area contributed by atoms with E-state index in [-0.39, 0.29) is 0 Å². The number of hydrogen-bond donors (Lipinski definition) is 1. The van der Waals surface area contributed by atoms with Gasteiger partial charge in [0.25, 0.3) is 0 Å². The van der Waals surface area contributed by atoms with Crippen molar-refractivity contribution in [3.8, 4) is 11.6 Å². The van der Waals surface area contributed by atoms with E-state index in [0.717, 1.165) is 23.8 Å². The molecule has 0 fully saturated rings. The number of ether oxygens (including phenoxy) is 1. The third-order valence-electron chi connectivity index (χ3n) is 2.92. The van der Waals surface area contributed by atoms with Gasteiger partial charge < -0.3 is 10.1 Å². The third kappa shape index (κ3) is 2.44. The fraction of sp³-hybridized carbons (Fsp3) is 0.133. The van der Waals surface area contributed by atoms with E-state index in [0.29, 0.717) is 0 Å². The zero-order valence-corrected chi connectivity index (χ0v) is 10.7. The first kappa shape index (κ1) is 11.7. The topological polar surface area (TPSA) is 38.6 Å². The molecule has 0 amide bonds. The average molecular weight is 253 g/mol. The summed E-state index contributed by atoms with van der Waals surface area (Å²) in [6.45, 7) is 0.859. The molecule has 0 saturated carbocycles. The standard InChI is InChI=1S/C15H15N3O/c1-16-11-12-5-7-13(8-6-12)19-15-4-2-3-14-17-9-10-18(14)15/h2-10,16H,11H2,1H3. The highest BCUT2D eigenvalue weighted by Gasteiger charge is 2.03. The highest BCUT2D eigenvalue weighted by Crippen LogP contribution is 2.22. The summed E-state index contributed by atoms with van der Waals surface area (Å²) >= 11 is 0. The Bertz CT molecular complexity index is 673. The van der Waals surface area contributed by atoms with Crippen LogP contribution in [0, 0.1) is 0 Å². The molecule has 4 nitrogen and oxygen atoms in total. The lowest BCUT2D eigenvalue weighted by Crippen LogP contribution is -2.04. The van der Waals surface area contributed by atoms with E-state index < -0.39 is 0 Å². The molecule has 0 spiro atoms. The molecule has 3 rings (SSSR count). The van der Waals surface area contributed by atoms with Crippen LogP contribution >= 0.6 is 0 Å². The van der Waals surface area contributed by atoms with Crippen LogP contribution in [0.15, 0.2) is 54.9 Å². The lowest BCUT2D eigenvalue weighted by Gasteiger charge is -2.08. The second-order valence-corrected chi connectivity index (χ2v) is 4.30. The van der Waals surface area contributed by atoms with Gasteiger partial charge in [-0.25, -0.2) is 4.98 Å². The number of benzene rings is 1. The number of nitrogens with zero attached hydrogens (tertiary/aromatic N) is 2. The van der Waals surface area contributed by atoms with Gasteiger partial charge in [-0.05, 0) is 36.9 Å². The molecule has 3 aromatic rings. The van der Waals surface area contributed by atoms with Crippen LogP contribution in [0.3, 0.4) is 0 Å². The fourth-order valence-electron chi connectivity index (χ4n) is 2.00. The molecular weight excluding hydrogens is 238 g/mol. The minimum Gasteiger partial charge on any atom is -0.440 e. The maximum atomic E-state index is 5.89. The Morgan fingerprint density at radius 1 is 1.16 bits per heavy atom. The van der Waals surface area contributed by atoms with Crippen LogP contribution in [0.1, 0.15) is 5.56 Å². The Morgan fingerprint density at radius 2 is 2.00 bits per heavy atom. The number of pyridine rings is 1. The SMILES string of the molecule is CNCc1ccc(Oc2cccc3nccn23)cc1. The van der Waals surface area contributed by atoms with Gasteiger partial charge in [0.1, 0.15) is 11.4 Å². The van der Waals surface area contributed by atoms with Crippen molar-refractivity contribution in [2.24, 2.45) is 0 Å². The van der Waals surface area contributed by atoms with Gasteiger partial charge in [0.15, 0.2) is 0 Å². The monoisotopic (exact) mass is 253 g/mol. The fourth-order valence-corrected chi connectivity index (χ4v) is 2.00. The molecule has 0 aliphatic carbocycles. The molecule has 0 aliphatic heterocycles. The lowest BCUT2D eigenvalue weighted by atomic mass is 10.2. The van der Waals surface area contributed by atoms with Crippen molar-refractivity contribution >= 4 is 5.65 Å². The van der Waals surface area contributed by atoms with Crippen molar-refractivity contribution in [2.75, 3.05) is 7.05 Å². The van der Waals surface area contributed by atoms with Gasteiger partial charge in [0.2, 0.25) is 5.88 Å². The van der Waals surface area contributed by atoms with Gasteiger partial charge in [0.05, 0.1) is 0 Å². The highest BCUT2D eigenvalue weighted by atomic mass is 16.5. The van der Waals surface area contributed by atoms with Gasteiger partial charge in [-0.2, -0.15) is 0 Å². The molecule has 4 heteroatoms. The summed E-state index contributed by atoms with van der Waals surface area (Å²) in [5.74, 6) is 1.58. The summed E-state index contributed by atoms with van der Waals surface area (Å²) in [5, 5.41) is 3.12. The van der Waals surface area contributed by atoms with Crippen LogP contribution in [0.25, 0.3) is 5.65 Å². The highest BCUT2D eigenvalue weighted by molar-refractivity contribution is 5.43. The average Bonchev–Trinajstić information content (AvgIpc) is 2.91. The molecule has 0 bridgehead atoms. The zero-order chi connectivity index (χ0) is 13.1. The van der Waals surface area contributed by atoms with Crippen LogP contribution in [-0.4, -0.2) is 16.4 Å². The second-order valence-electron chi connectivity index (χ2n) is 4.30. The van der Waals surface area contributed by atoms with E-state index in [2.05, 4.69) is 22.4 Å². The number of nitrogens with one attached hydrogen (secondary N) is 1. The summed E-state index contributed by atoms with van der Waals surface area (Å²) in [6, 6.07) is 13.9. The van der Waals surface area contributed by atoms with Gasteiger partial charge in [0, 0.05) is 18.9 Å². The minimum atomic E-state index is 0.761. The molecule has 0 atom stereocenters. The molecule has 0 unspecified atom stereocenters. The van der Waals surface area contributed by atoms with Crippen LogP contribution in [-0.2, 0) is 6.54 Å². The molecule has 2 heterocycles. The summed E-state index contributed by atoms with van der Waals surface area (Å²) < 4.78 is 7.80. The quantitative estimate of drug-likeness (QED) is 0.777. The predicted molar refractivity (Wildman–Crippen MR) is 74.5 cm³/mol. The maximum absolute atomic E-state index is 5.89. The summed E-state index contributed by atoms with van der Waals surface area (Å²) in [5.41, 5.74) is 2.11.